The van der Waals surface area contributed by atoms with Gasteiger partial charge in [0.2, 0.25) is 11.8 Å². The Balaban J connectivity index is 0.587. The molecule has 5 heterocycles. The Bertz CT molecular complexity index is 3990. The smallest absolute Gasteiger partial charge is 0.416 e. The minimum Gasteiger partial charge on any atom is -0.497 e. The SMILES string of the molecule is COc1ccc(C2=CN3C(=O)c4cc(OC)c(OCCCCCOc5cc6c(cc5OC)C(=O)N5CC7(CC7)C[C@H]5C(O)N6C(=O)OCc5ccc(CC(=O)[C@H](C)NC(=O)[C@@H](CC(=O)CNC(=O)CCC(=O)OCC6[C@H]7CCc8c(nnn8C(C)C)CC[C@@H]67)C(C)C)cc5)cc4CC[C@@H]3C2)cc1. The summed E-state index contributed by atoms with van der Waals surface area (Å²) in [4.78, 5) is 113. The van der Waals surface area contributed by atoms with Gasteiger partial charge in [0, 0.05) is 61.6 Å². The number of methoxy groups -OCH3 is 3. The number of benzene rings is 4. The van der Waals surface area contributed by atoms with E-state index in [1.807, 2.05) is 46.1 Å². The summed E-state index contributed by atoms with van der Waals surface area (Å²) in [6, 6.07) is 20.3. The predicted molar refractivity (Wildman–Crippen MR) is 376 cm³/mol. The van der Waals surface area contributed by atoms with Crippen LogP contribution in [0.5, 0.6) is 28.7 Å². The number of aliphatic hydroxyl groups is 1. The first-order valence-corrected chi connectivity index (χ1v) is 36.2. The summed E-state index contributed by atoms with van der Waals surface area (Å²) in [5, 5.41) is 26.3. The molecule has 3 aliphatic carbocycles. The van der Waals surface area contributed by atoms with Crippen LogP contribution in [0.25, 0.3) is 5.57 Å². The van der Waals surface area contributed by atoms with E-state index in [4.69, 9.17) is 33.2 Å². The first-order valence-electron chi connectivity index (χ1n) is 36.2. The third kappa shape index (κ3) is 16.3. The number of amides is 5. The highest BCUT2D eigenvalue weighted by molar-refractivity contribution is 6.06. The number of esters is 1. The second-order valence-corrected chi connectivity index (χ2v) is 29.3. The van der Waals surface area contributed by atoms with Gasteiger partial charge in [-0.15, -0.1) is 5.10 Å². The summed E-state index contributed by atoms with van der Waals surface area (Å²) < 4.78 is 43.0. The van der Waals surface area contributed by atoms with Crippen LogP contribution in [0, 0.1) is 35.0 Å². The normalized spacial score (nSPS) is 21.1. The van der Waals surface area contributed by atoms with Gasteiger partial charge >= 0.3 is 12.1 Å². The Morgan fingerprint density at radius 2 is 1.42 bits per heavy atom. The Morgan fingerprint density at radius 1 is 0.735 bits per heavy atom. The molecule has 5 aromatic rings. The van der Waals surface area contributed by atoms with E-state index >= 15 is 0 Å². The van der Waals surface area contributed by atoms with Crippen LogP contribution in [0.3, 0.4) is 0 Å². The molecule has 102 heavy (non-hydrogen) atoms. The maximum Gasteiger partial charge on any atom is 0.416 e. The first-order chi connectivity index (χ1) is 49.1. The zero-order valence-corrected chi connectivity index (χ0v) is 59.8. The molecule has 544 valence electrons. The van der Waals surface area contributed by atoms with E-state index in [1.165, 1.54) is 12.8 Å². The highest BCUT2D eigenvalue weighted by Crippen LogP contribution is 2.57. The van der Waals surface area contributed by atoms with E-state index < -0.39 is 48.1 Å². The Labute approximate surface area is 595 Å². The van der Waals surface area contributed by atoms with Crippen LogP contribution in [0.1, 0.15) is 178 Å². The lowest BCUT2D eigenvalue weighted by atomic mass is 9.89. The quantitative estimate of drug-likeness (QED) is 0.0285. The van der Waals surface area contributed by atoms with Crippen molar-refractivity contribution in [2.45, 2.75) is 181 Å². The number of nitrogens with zero attached hydrogens (tertiary/aromatic N) is 6. The molecule has 7 aliphatic rings. The fourth-order valence-corrected chi connectivity index (χ4v) is 15.5. The maximum absolute atomic E-state index is 14.5. The number of aliphatic hydroxyl groups excluding tert-OH is 1. The lowest BCUT2D eigenvalue weighted by Gasteiger charge is -2.31. The van der Waals surface area contributed by atoms with Gasteiger partial charge in [-0.3, -0.25) is 33.6 Å². The molecule has 8 atom stereocenters. The number of fused-ring (bicyclic) bond motifs is 6. The number of ketones is 2. The molecular formula is C78H96N8O16. The van der Waals surface area contributed by atoms with Crippen molar-refractivity contribution >= 4 is 58.5 Å². The molecule has 0 bridgehead atoms. The van der Waals surface area contributed by atoms with Gasteiger partial charge in [0.1, 0.15) is 12.4 Å². The number of unbranched alkanes of at least 4 members (excludes halogenated alkanes) is 2. The molecule has 24 nitrogen and oxygen atoms in total. The van der Waals surface area contributed by atoms with Gasteiger partial charge in [0.15, 0.2) is 40.8 Å². The molecule has 0 radical (unpaired) electrons. The molecule has 4 aromatic carbocycles. The monoisotopic (exact) mass is 1400 g/mol. The molecule has 2 saturated carbocycles. The lowest BCUT2D eigenvalue weighted by molar-refractivity contribution is -0.145. The Morgan fingerprint density at radius 3 is 2.10 bits per heavy atom. The van der Waals surface area contributed by atoms with Crippen molar-refractivity contribution in [1.29, 1.82) is 0 Å². The van der Waals surface area contributed by atoms with Crippen molar-refractivity contribution in [3.8, 4) is 28.7 Å². The van der Waals surface area contributed by atoms with Crippen molar-refractivity contribution in [2.24, 2.45) is 35.0 Å². The maximum atomic E-state index is 14.5. The van der Waals surface area contributed by atoms with Gasteiger partial charge in [-0.05, 0) is 191 Å². The van der Waals surface area contributed by atoms with E-state index in [-0.39, 0.29) is 115 Å². The number of ether oxygens (including phenoxy) is 7. The van der Waals surface area contributed by atoms with E-state index in [9.17, 15) is 43.5 Å². The summed E-state index contributed by atoms with van der Waals surface area (Å²) in [7, 11) is 4.68. The number of carbonyl (C=O) groups is 8. The van der Waals surface area contributed by atoms with Gasteiger partial charge in [-0.2, -0.15) is 0 Å². The van der Waals surface area contributed by atoms with E-state index in [1.54, 1.807) is 82.4 Å². The summed E-state index contributed by atoms with van der Waals surface area (Å²) in [6.07, 6.45) is 9.52. The summed E-state index contributed by atoms with van der Waals surface area (Å²) in [5.74, 6) is 0.106. The third-order valence-corrected chi connectivity index (χ3v) is 21.8. The van der Waals surface area contributed by atoms with Crippen LogP contribution in [0.4, 0.5) is 10.5 Å². The number of aromatic nitrogens is 3. The van der Waals surface area contributed by atoms with Crippen LogP contribution in [0.2, 0.25) is 0 Å². The zero-order valence-electron chi connectivity index (χ0n) is 59.8. The lowest BCUT2D eigenvalue weighted by Crippen LogP contribution is -2.50. The minimum atomic E-state index is -1.45. The topological polar surface area (TPSA) is 286 Å². The molecule has 4 aliphatic heterocycles. The summed E-state index contributed by atoms with van der Waals surface area (Å²) in [5.41, 5.74) is 7.33. The fourth-order valence-electron chi connectivity index (χ4n) is 15.5. The fraction of sp³-hybridized carbons (Fsp3) is 0.538. The third-order valence-electron chi connectivity index (χ3n) is 21.8. The molecule has 12 rings (SSSR count). The molecule has 3 fully saturated rings. The van der Waals surface area contributed by atoms with Crippen molar-refractivity contribution in [3.63, 3.8) is 0 Å². The summed E-state index contributed by atoms with van der Waals surface area (Å²) in [6.45, 7) is 10.3. The molecule has 1 aromatic heterocycles. The number of hydrogen-bond donors (Lipinski definition) is 3. The van der Waals surface area contributed by atoms with Gasteiger partial charge in [0.25, 0.3) is 11.8 Å². The van der Waals surface area contributed by atoms with Crippen LogP contribution < -0.4 is 39.2 Å². The molecule has 5 amide bonds. The predicted octanol–water partition coefficient (Wildman–Crippen LogP) is 9.91. The molecule has 2 unspecified atom stereocenters. The second kappa shape index (κ2) is 31.5. The summed E-state index contributed by atoms with van der Waals surface area (Å²) >= 11 is 0. The van der Waals surface area contributed by atoms with E-state index in [0.717, 1.165) is 90.8 Å². The van der Waals surface area contributed by atoms with Gasteiger partial charge < -0.3 is 58.7 Å². The Kier molecular flexibility index (Phi) is 22.4. The highest BCUT2D eigenvalue weighted by Gasteiger charge is 2.58. The van der Waals surface area contributed by atoms with Crippen LogP contribution in [-0.4, -0.2) is 156 Å². The van der Waals surface area contributed by atoms with Crippen LogP contribution >= 0.6 is 0 Å². The minimum absolute atomic E-state index is 0.0331. The number of nitrogens with one attached hydrogen (secondary N) is 2. The highest BCUT2D eigenvalue weighted by atomic mass is 16.6. The largest absolute Gasteiger partial charge is 0.497 e. The number of rotatable bonds is 30. The molecule has 1 saturated heterocycles. The van der Waals surface area contributed by atoms with E-state index in [0.29, 0.717) is 91.4 Å². The molecular weight excluding hydrogens is 1300 g/mol. The van der Waals surface area contributed by atoms with Gasteiger partial charge in [0.05, 0.1) is 88.8 Å². The molecule has 3 N–H and O–H groups in total. The van der Waals surface area contributed by atoms with Gasteiger partial charge in [-0.1, -0.05) is 55.5 Å². The van der Waals surface area contributed by atoms with Crippen molar-refractivity contribution in [2.75, 3.05) is 59.1 Å². The standard InChI is InChI=1S/C78H96N8O16/c1-45(2)58(35-54(87)40-79-71(89)26-27-72(90)101-43-61-56-22-24-62-63(25-23-57(56)61)86(46(3)4)82-81-62)73(91)80-47(5)66(88)32-48-12-14-49(15-13-48)42-102-77(95)85-64-38-70(68(98-8)37-60(64)75(93)84-44-78(28-29-78)39-65(84)76(85)94)100-31-11-9-10-30-99-69-34-51-16-19-53-33-52(50-17-20-55(96-6)21-18-50)41-83(53)74(92)59(51)36-67(69)97-7/h12-15,17-18,20-21,34,36-38,41,45-47,53,56-58,61,65,76,94H,9-11,16,19,22-33,35,39-40,42-44H2,1-8H3,(H,79,89)(H,80,91)/t47-,53+,56+,57-,58-,61?,65-,76?/m0/s1. The Hall–Kier alpha value is -9.32. The number of aryl methyl sites for hydroxylation is 2. The second-order valence-electron chi connectivity index (χ2n) is 29.3. The first kappa shape index (κ1) is 72.5. The molecule has 24 heteroatoms. The van der Waals surface area contributed by atoms with Crippen LogP contribution in [0.15, 0.2) is 79.0 Å². The zero-order chi connectivity index (χ0) is 72.1. The van der Waals surface area contributed by atoms with Crippen LogP contribution in [-0.2, 0) is 65.7 Å². The number of hydrogen-bond acceptors (Lipinski definition) is 18. The number of Topliss-reactive ketones (excluding diaryl/α,β-unsaturated/α-hetero) is 2. The van der Waals surface area contributed by atoms with Crippen molar-refractivity contribution in [1.82, 2.24) is 35.4 Å². The van der Waals surface area contributed by atoms with Gasteiger partial charge in [-0.25, -0.2) is 14.4 Å². The average molecular weight is 1400 g/mol. The van der Waals surface area contributed by atoms with Crippen molar-refractivity contribution in [3.05, 3.63) is 124 Å². The number of carbonyl (C=O) groups excluding carboxylic acids is 8. The average Bonchev–Trinajstić information content (AvgIpc) is 1.46. The van der Waals surface area contributed by atoms with E-state index in [2.05, 4.69) is 34.8 Å². The number of anilines is 1. The van der Waals surface area contributed by atoms with Crippen molar-refractivity contribution < 1.29 is 76.6 Å². The molecule has 1 spiro atoms.